The third-order valence-electron chi connectivity index (χ3n) is 2.73. The molecule has 1 aromatic rings. The van der Waals surface area contributed by atoms with Crippen LogP contribution in [-0.2, 0) is 0 Å². The van der Waals surface area contributed by atoms with Gasteiger partial charge in [-0.05, 0) is 37.2 Å². The SMILES string of the molecule is C=CCCCNc1snc(N)c1C(=O)NC1CC1. The maximum Gasteiger partial charge on any atom is 0.258 e. The van der Waals surface area contributed by atoms with Gasteiger partial charge in [0.25, 0.3) is 5.91 Å². The van der Waals surface area contributed by atoms with Gasteiger partial charge in [0.2, 0.25) is 0 Å². The van der Waals surface area contributed by atoms with Crippen LogP contribution >= 0.6 is 11.5 Å². The average Bonchev–Trinajstić information content (AvgIpc) is 3.07. The van der Waals surface area contributed by atoms with E-state index in [1.54, 1.807) is 0 Å². The highest BCUT2D eigenvalue weighted by Crippen LogP contribution is 2.28. The smallest absolute Gasteiger partial charge is 0.258 e. The van der Waals surface area contributed by atoms with E-state index in [2.05, 4.69) is 21.6 Å². The molecule has 0 aliphatic heterocycles. The minimum atomic E-state index is -0.116. The van der Waals surface area contributed by atoms with Crippen LogP contribution in [-0.4, -0.2) is 22.9 Å². The van der Waals surface area contributed by atoms with Crippen molar-refractivity contribution in [2.75, 3.05) is 17.6 Å². The summed E-state index contributed by atoms with van der Waals surface area (Å²) in [6.07, 6.45) is 5.93. The van der Waals surface area contributed by atoms with Crippen molar-refractivity contribution >= 4 is 28.3 Å². The molecule has 0 spiro atoms. The number of nitrogen functional groups attached to an aromatic ring is 1. The maximum atomic E-state index is 12.0. The molecule has 0 bridgehead atoms. The molecule has 1 aromatic heterocycles. The Balaban J connectivity index is 1.96. The first-order chi connectivity index (χ1) is 8.72. The van der Waals surface area contributed by atoms with Crippen LogP contribution in [0.4, 0.5) is 10.8 Å². The van der Waals surface area contributed by atoms with E-state index in [1.807, 2.05) is 6.08 Å². The molecule has 0 saturated heterocycles. The van der Waals surface area contributed by atoms with E-state index >= 15 is 0 Å². The molecule has 1 aliphatic carbocycles. The number of hydrogen-bond donors (Lipinski definition) is 3. The van der Waals surface area contributed by atoms with E-state index in [0.29, 0.717) is 17.4 Å². The summed E-state index contributed by atoms with van der Waals surface area (Å²) in [5.74, 6) is 0.194. The number of amides is 1. The van der Waals surface area contributed by atoms with Crippen LogP contribution in [0.25, 0.3) is 0 Å². The van der Waals surface area contributed by atoms with Gasteiger partial charge in [0.05, 0.1) is 0 Å². The van der Waals surface area contributed by atoms with Crippen LogP contribution in [0.5, 0.6) is 0 Å². The van der Waals surface area contributed by atoms with Crippen molar-refractivity contribution in [1.82, 2.24) is 9.69 Å². The summed E-state index contributed by atoms with van der Waals surface area (Å²) in [6.45, 7) is 4.46. The highest BCUT2D eigenvalue weighted by molar-refractivity contribution is 7.11. The molecule has 1 fully saturated rings. The lowest BCUT2D eigenvalue weighted by Crippen LogP contribution is -2.26. The molecule has 5 nitrogen and oxygen atoms in total. The fraction of sp³-hybridized carbons (Fsp3) is 0.500. The van der Waals surface area contributed by atoms with Gasteiger partial charge in [0.15, 0.2) is 5.82 Å². The van der Waals surface area contributed by atoms with Crippen LogP contribution in [0.15, 0.2) is 12.7 Å². The van der Waals surface area contributed by atoms with Crippen molar-refractivity contribution in [3.8, 4) is 0 Å². The lowest BCUT2D eigenvalue weighted by molar-refractivity contribution is 0.0953. The number of nitrogens with one attached hydrogen (secondary N) is 2. The Morgan fingerprint density at radius 1 is 1.61 bits per heavy atom. The Labute approximate surface area is 111 Å². The van der Waals surface area contributed by atoms with Crippen molar-refractivity contribution < 1.29 is 4.79 Å². The molecular weight excluding hydrogens is 248 g/mol. The van der Waals surface area contributed by atoms with Gasteiger partial charge >= 0.3 is 0 Å². The third kappa shape index (κ3) is 3.22. The van der Waals surface area contributed by atoms with Gasteiger partial charge in [0, 0.05) is 12.6 Å². The second kappa shape index (κ2) is 5.86. The van der Waals surface area contributed by atoms with Gasteiger partial charge in [-0.25, -0.2) is 0 Å². The molecule has 1 aliphatic rings. The fourth-order valence-corrected chi connectivity index (χ4v) is 2.31. The summed E-state index contributed by atoms with van der Waals surface area (Å²) in [7, 11) is 0. The van der Waals surface area contributed by atoms with Gasteiger partial charge < -0.3 is 16.4 Å². The molecule has 0 atom stereocenters. The monoisotopic (exact) mass is 266 g/mol. The van der Waals surface area contributed by atoms with Gasteiger partial charge in [-0.2, -0.15) is 4.37 Å². The van der Waals surface area contributed by atoms with E-state index in [1.165, 1.54) is 11.5 Å². The average molecular weight is 266 g/mol. The number of nitrogens with two attached hydrogens (primary N) is 1. The lowest BCUT2D eigenvalue weighted by Gasteiger charge is -2.06. The summed E-state index contributed by atoms with van der Waals surface area (Å²) in [5, 5.41) is 6.90. The van der Waals surface area contributed by atoms with Crippen LogP contribution in [0, 0.1) is 0 Å². The molecule has 0 unspecified atom stereocenters. The molecule has 0 aromatic carbocycles. The number of nitrogens with zero attached hydrogens (tertiary/aromatic N) is 1. The highest BCUT2D eigenvalue weighted by atomic mass is 32.1. The van der Waals surface area contributed by atoms with Crippen LogP contribution in [0.2, 0.25) is 0 Å². The molecule has 2 rings (SSSR count). The normalized spacial score (nSPS) is 14.2. The predicted molar refractivity (Wildman–Crippen MR) is 74.9 cm³/mol. The van der Waals surface area contributed by atoms with E-state index < -0.39 is 0 Å². The number of carbonyl (C=O) groups excluding carboxylic acids is 1. The standard InChI is InChI=1S/C12H18N4OS/c1-2-3-4-7-14-12-9(10(13)16-18-12)11(17)15-8-5-6-8/h2,8,14H,1,3-7H2,(H2,13,16)(H,15,17). The van der Waals surface area contributed by atoms with Gasteiger partial charge in [-0.1, -0.05) is 6.08 Å². The third-order valence-corrected chi connectivity index (χ3v) is 3.55. The summed E-state index contributed by atoms with van der Waals surface area (Å²) in [6, 6.07) is 0.324. The predicted octanol–water partition coefficient (Wildman–Crippen LogP) is 2.00. The summed E-state index contributed by atoms with van der Waals surface area (Å²) < 4.78 is 4.04. The number of aromatic nitrogens is 1. The van der Waals surface area contributed by atoms with Gasteiger partial charge in [-0.3, -0.25) is 4.79 Å². The molecule has 18 heavy (non-hydrogen) atoms. The number of unbranched alkanes of at least 4 members (excludes halogenated alkanes) is 1. The van der Waals surface area contributed by atoms with E-state index in [9.17, 15) is 4.79 Å². The summed E-state index contributed by atoms with van der Waals surface area (Å²) in [4.78, 5) is 12.0. The van der Waals surface area contributed by atoms with E-state index in [-0.39, 0.29) is 5.91 Å². The highest BCUT2D eigenvalue weighted by Gasteiger charge is 2.27. The van der Waals surface area contributed by atoms with Crippen molar-refractivity contribution in [3.63, 3.8) is 0 Å². The second-order valence-electron chi connectivity index (χ2n) is 4.38. The largest absolute Gasteiger partial charge is 0.382 e. The molecule has 1 heterocycles. The summed E-state index contributed by atoms with van der Waals surface area (Å²) in [5.41, 5.74) is 6.24. The van der Waals surface area contributed by atoms with Gasteiger partial charge in [-0.15, -0.1) is 6.58 Å². The number of anilines is 2. The second-order valence-corrected chi connectivity index (χ2v) is 5.15. The topological polar surface area (TPSA) is 80.0 Å². The van der Waals surface area contributed by atoms with Crippen molar-refractivity contribution in [2.24, 2.45) is 0 Å². The Morgan fingerprint density at radius 3 is 3.06 bits per heavy atom. The first-order valence-corrected chi connectivity index (χ1v) is 6.90. The quantitative estimate of drug-likeness (QED) is 0.521. The maximum absolute atomic E-state index is 12.0. The fourth-order valence-electron chi connectivity index (χ4n) is 1.58. The first-order valence-electron chi connectivity index (χ1n) is 6.13. The zero-order valence-electron chi connectivity index (χ0n) is 10.2. The molecule has 1 saturated carbocycles. The molecule has 0 radical (unpaired) electrons. The van der Waals surface area contributed by atoms with Crippen molar-refractivity contribution in [2.45, 2.75) is 31.7 Å². The Kier molecular flexibility index (Phi) is 4.19. The molecule has 4 N–H and O–H groups in total. The van der Waals surface area contributed by atoms with Crippen molar-refractivity contribution in [1.29, 1.82) is 0 Å². The van der Waals surface area contributed by atoms with Crippen LogP contribution in [0.3, 0.4) is 0 Å². The molecule has 6 heteroatoms. The zero-order chi connectivity index (χ0) is 13.0. The summed E-state index contributed by atoms with van der Waals surface area (Å²) >= 11 is 1.24. The number of carbonyl (C=O) groups is 1. The Bertz CT molecular complexity index is 439. The van der Waals surface area contributed by atoms with Crippen LogP contribution in [0.1, 0.15) is 36.0 Å². The van der Waals surface area contributed by atoms with Crippen molar-refractivity contribution in [3.05, 3.63) is 18.2 Å². The number of rotatable bonds is 7. The molecule has 98 valence electrons. The lowest BCUT2D eigenvalue weighted by atomic mass is 10.2. The van der Waals surface area contributed by atoms with Gasteiger partial charge in [0.1, 0.15) is 10.6 Å². The van der Waals surface area contributed by atoms with E-state index in [4.69, 9.17) is 5.73 Å². The van der Waals surface area contributed by atoms with Crippen LogP contribution < -0.4 is 16.4 Å². The molecular formula is C12H18N4OS. The Hall–Kier alpha value is -1.56. The van der Waals surface area contributed by atoms with E-state index in [0.717, 1.165) is 37.2 Å². The first kappa shape index (κ1) is 12.9. The molecule has 1 amide bonds. The Morgan fingerprint density at radius 2 is 2.39 bits per heavy atom. The number of allylic oxidation sites excluding steroid dienone is 1. The number of hydrogen-bond acceptors (Lipinski definition) is 5. The minimum absolute atomic E-state index is 0.116. The minimum Gasteiger partial charge on any atom is -0.382 e. The zero-order valence-corrected chi connectivity index (χ0v) is 11.1.